The third-order valence-electron chi connectivity index (χ3n) is 4.61. The molecular formula is C17H29NO4S. The lowest BCUT2D eigenvalue weighted by atomic mass is 9.89. The van der Waals surface area contributed by atoms with Gasteiger partial charge in [-0.15, -0.1) is 0 Å². The Kier molecular flexibility index (Phi) is 5.56. The monoisotopic (exact) mass is 343 g/mol. The molecule has 1 saturated heterocycles. The first-order chi connectivity index (χ1) is 10.7. The molecule has 1 aliphatic heterocycles. The molecule has 0 aromatic heterocycles. The fourth-order valence-electron chi connectivity index (χ4n) is 3.11. The predicted octanol–water partition coefficient (Wildman–Crippen LogP) is 2.87. The summed E-state index contributed by atoms with van der Waals surface area (Å²) in [5.41, 5.74) is 0. The van der Waals surface area contributed by atoms with E-state index >= 15 is 0 Å². The third kappa shape index (κ3) is 3.97. The highest BCUT2D eigenvalue weighted by atomic mass is 32.2. The third-order valence-corrected chi connectivity index (χ3v) is 7.18. The molecule has 23 heavy (non-hydrogen) atoms. The second-order valence-corrected chi connectivity index (χ2v) is 10.0. The number of hydrogen-bond acceptors (Lipinski definition) is 4. The van der Waals surface area contributed by atoms with E-state index in [-0.39, 0.29) is 12.6 Å². The lowest BCUT2D eigenvalue weighted by Crippen LogP contribution is -2.36. The topological polar surface area (TPSA) is 63.5 Å². The molecule has 2 aliphatic rings. The van der Waals surface area contributed by atoms with E-state index in [0.717, 1.165) is 12.8 Å². The van der Waals surface area contributed by atoms with Gasteiger partial charge in [-0.2, -0.15) is 4.31 Å². The van der Waals surface area contributed by atoms with Crippen molar-refractivity contribution in [3.8, 4) is 0 Å². The van der Waals surface area contributed by atoms with Crippen molar-refractivity contribution in [2.24, 2.45) is 5.92 Å². The van der Waals surface area contributed by atoms with Crippen LogP contribution in [0, 0.1) is 5.92 Å². The van der Waals surface area contributed by atoms with Crippen molar-refractivity contribution in [2.75, 3.05) is 6.61 Å². The second-order valence-electron chi connectivity index (χ2n) is 7.42. The molecule has 6 heteroatoms. The number of rotatable bonds is 5. The molecule has 1 saturated carbocycles. The zero-order chi connectivity index (χ0) is 17.3. The lowest BCUT2D eigenvalue weighted by Gasteiger charge is -2.20. The van der Waals surface area contributed by atoms with Gasteiger partial charge in [0.05, 0.1) is 17.4 Å². The summed E-state index contributed by atoms with van der Waals surface area (Å²) in [6, 6.07) is -1.08. The van der Waals surface area contributed by atoms with Gasteiger partial charge in [0, 0.05) is 0 Å². The molecule has 0 amide bonds. The molecule has 0 radical (unpaired) electrons. The number of esters is 1. The average Bonchev–Trinajstić information content (AvgIpc) is 3.20. The van der Waals surface area contributed by atoms with Gasteiger partial charge >= 0.3 is 5.97 Å². The van der Waals surface area contributed by atoms with Crippen LogP contribution in [0.15, 0.2) is 12.2 Å². The number of carbonyl (C=O) groups is 1. The molecular weight excluding hydrogens is 314 g/mol. The van der Waals surface area contributed by atoms with Crippen LogP contribution in [-0.4, -0.2) is 42.1 Å². The van der Waals surface area contributed by atoms with Crippen molar-refractivity contribution in [3.05, 3.63) is 12.2 Å². The summed E-state index contributed by atoms with van der Waals surface area (Å²) in [6.45, 7) is 6.97. The average molecular weight is 343 g/mol. The molecule has 0 spiro atoms. The number of allylic oxidation sites excluding steroid dienone is 1. The first-order valence-electron chi connectivity index (χ1n) is 8.58. The van der Waals surface area contributed by atoms with E-state index in [9.17, 15) is 13.2 Å². The quantitative estimate of drug-likeness (QED) is 0.437. The van der Waals surface area contributed by atoms with Gasteiger partial charge in [0.2, 0.25) is 10.0 Å². The number of hydrogen-bond donors (Lipinski definition) is 0. The highest BCUT2D eigenvalue weighted by molar-refractivity contribution is 7.90. The van der Waals surface area contributed by atoms with E-state index in [2.05, 4.69) is 6.08 Å². The summed E-state index contributed by atoms with van der Waals surface area (Å²) in [6.07, 6.45) is 10.0. The minimum absolute atomic E-state index is 0.262. The maximum absolute atomic E-state index is 12.7. The van der Waals surface area contributed by atoms with Crippen LogP contribution in [0.25, 0.3) is 0 Å². The van der Waals surface area contributed by atoms with Gasteiger partial charge in [-0.1, -0.05) is 31.4 Å². The Labute approximate surface area is 140 Å². The summed E-state index contributed by atoms with van der Waals surface area (Å²) in [5.74, 6) is 0.0602. The van der Waals surface area contributed by atoms with Crippen molar-refractivity contribution >= 4 is 16.0 Å². The van der Waals surface area contributed by atoms with E-state index < -0.39 is 26.8 Å². The smallest absolute Gasteiger partial charge is 0.326 e. The van der Waals surface area contributed by atoms with Crippen molar-refractivity contribution in [1.29, 1.82) is 0 Å². The van der Waals surface area contributed by atoms with E-state index in [0.29, 0.717) is 5.92 Å². The SMILES string of the molecule is CCOC(=O)[C@H]1[C@H](/C=C/C2CCCCC2)N1S(=O)(=O)C(C)(C)C. The summed E-state index contributed by atoms with van der Waals surface area (Å²) < 4.78 is 30.8. The molecule has 0 aromatic carbocycles. The minimum Gasteiger partial charge on any atom is -0.465 e. The zero-order valence-corrected chi connectivity index (χ0v) is 15.4. The highest BCUT2D eigenvalue weighted by Crippen LogP contribution is 2.40. The Morgan fingerprint density at radius 1 is 1.17 bits per heavy atom. The zero-order valence-electron chi connectivity index (χ0n) is 14.6. The molecule has 1 unspecified atom stereocenters. The van der Waals surface area contributed by atoms with Gasteiger partial charge in [0.25, 0.3) is 0 Å². The van der Waals surface area contributed by atoms with Gasteiger partial charge in [0.15, 0.2) is 0 Å². The maximum Gasteiger partial charge on any atom is 0.326 e. The number of carbonyl (C=O) groups excluding carboxylic acids is 1. The lowest BCUT2D eigenvalue weighted by molar-refractivity contribution is -0.143. The summed E-state index contributed by atoms with van der Waals surface area (Å²) in [5, 5.41) is 0. The largest absolute Gasteiger partial charge is 0.465 e. The van der Waals surface area contributed by atoms with Crippen molar-refractivity contribution in [3.63, 3.8) is 0 Å². The van der Waals surface area contributed by atoms with Crippen LogP contribution in [0.5, 0.6) is 0 Å². The van der Waals surface area contributed by atoms with Crippen LogP contribution in [0.4, 0.5) is 0 Å². The first-order valence-corrected chi connectivity index (χ1v) is 10.0. The molecule has 3 atom stereocenters. The number of ether oxygens (including phenoxy) is 1. The predicted molar refractivity (Wildman–Crippen MR) is 90.4 cm³/mol. The number of sulfonamides is 1. The van der Waals surface area contributed by atoms with Crippen molar-refractivity contribution < 1.29 is 17.9 Å². The van der Waals surface area contributed by atoms with Crippen LogP contribution < -0.4 is 0 Å². The molecule has 2 rings (SSSR count). The van der Waals surface area contributed by atoms with E-state index in [4.69, 9.17) is 4.74 Å². The Balaban J connectivity index is 2.14. The molecule has 0 bridgehead atoms. The van der Waals surface area contributed by atoms with Crippen molar-refractivity contribution in [1.82, 2.24) is 4.31 Å². The molecule has 2 fully saturated rings. The Morgan fingerprint density at radius 3 is 2.30 bits per heavy atom. The van der Waals surface area contributed by atoms with Crippen LogP contribution in [0.1, 0.15) is 59.8 Å². The highest BCUT2D eigenvalue weighted by Gasteiger charge is 2.61. The van der Waals surface area contributed by atoms with Crippen molar-refractivity contribution in [2.45, 2.75) is 76.6 Å². The molecule has 0 N–H and O–H groups in total. The first kappa shape index (κ1) is 18.5. The fourth-order valence-corrected chi connectivity index (χ4v) is 4.71. The van der Waals surface area contributed by atoms with Gasteiger partial charge in [-0.25, -0.2) is 8.42 Å². The Bertz CT molecular complexity index is 556. The molecule has 1 aliphatic carbocycles. The van der Waals surface area contributed by atoms with Crippen LogP contribution in [0.2, 0.25) is 0 Å². The fraction of sp³-hybridized carbons (Fsp3) is 0.824. The van der Waals surface area contributed by atoms with Gasteiger partial charge in [-0.3, -0.25) is 4.79 Å². The summed E-state index contributed by atoms with van der Waals surface area (Å²) >= 11 is 0. The van der Waals surface area contributed by atoms with E-state index in [1.54, 1.807) is 27.7 Å². The second kappa shape index (κ2) is 6.93. The normalized spacial score (nSPS) is 29.7. The summed E-state index contributed by atoms with van der Waals surface area (Å²) in [4.78, 5) is 12.1. The molecule has 132 valence electrons. The minimum atomic E-state index is -3.54. The van der Waals surface area contributed by atoms with Crippen LogP contribution in [0.3, 0.4) is 0 Å². The Hall–Kier alpha value is -0.880. The summed E-state index contributed by atoms with van der Waals surface area (Å²) in [7, 11) is -3.54. The van der Waals surface area contributed by atoms with Crippen LogP contribution in [-0.2, 0) is 19.6 Å². The van der Waals surface area contributed by atoms with E-state index in [1.165, 1.54) is 23.6 Å². The molecule has 0 aromatic rings. The van der Waals surface area contributed by atoms with Gasteiger partial charge in [0.1, 0.15) is 6.04 Å². The Morgan fingerprint density at radius 2 is 1.78 bits per heavy atom. The van der Waals surface area contributed by atoms with Crippen LogP contribution >= 0.6 is 0 Å². The maximum atomic E-state index is 12.7. The number of nitrogens with zero attached hydrogens (tertiary/aromatic N) is 1. The molecule has 1 heterocycles. The van der Waals surface area contributed by atoms with Gasteiger partial charge in [-0.05, 0) is 46.5 Å². The standard InChI is InChI=1S/C17H29NO4S/c1-5-22-16(19)15-14(12-11-13-9-7-6-8-10-13)18(15)23(20,21)17(2,3)4/h11-15H,5-10H2,1-4H3/b12-11+/t14-,15+,18?/m0/s1. The van der Waals surface area contributed by atoms with Gasteiger partial charge < -0.3 is 4.74 Å². The molecule has 5 nitrogen and oxygen atoms in total. The van der Waals surface area contributed by atoms with E-state index in [1.807, 2.05) is 6.08 Å².